The molecule has 0 spiro atoms. The predicted molar refractivity (Wildman–Crippen MR) is 109 cm³/mol. The summed E-state index contributed by atoms with van der Waals surface area (Å²) in [6.07, 6.45) is 1.33. The molecule has 0 bridgehead atoms. The number of hydrogen-bond acceptors (Lipinski definition) is 6. The highest BCUT2D eigenvalue weighted by Gasteiger charge is 2.32. The van der Waals surface area contributed by atoms with E-state index in [2.05, 4.69) is 24.9 Å². The van der Waals surface area contributed by atoms with Crippen LogP contribution in [0.25, 0.3) is 5.69 Å². The Labute approximate surface area is 183 Å². The molecule has 0 radical (unpaired) electrons. The monoisotopic (exact) mass is 448 g/mol. The van der Waals surface area contributed by atoms with Crippen LogP contribution in [0.2, 0.25) is 5.02 Å². The SMILES string of the molecule is Cc1nc(C2CCC(c3nnc4n3-c3ccc(Cl)cc3CN(CC(F)F)C4)CC2)no1. The van der Waals surface area contributed by atoms with Crippen LogP contribution in [0, 0.1) is 6.92 Å². The van der Waals surface area contributed by atoms with Gasteiger partial charge < -0.3 is 4.52 Å². The molecular weight excluding hydrogens is 426 g/mol. The van der Waals surface area contributed by atoms with E-state index in [9.17, 15) is 8.78 Å². The fraction of sp³-hybridized carbons (Fsp3) is 0.524. The van der Waals surface area contributed by atoms with Gasteiger partial charge >= 0.3 is 0 Å². The summed E-state index contributed by atoms with van der Waals surface area (Å²) in [5, 5.41) is 13.6. The summed E-state index contributed by atoms with van der Waals surface area (Å²) in [7, 11) is 0. The summed E-state index contributed by atoms with van der Waals surface area (Å²) >= 11 is 6.22. The molecule has 0 atom stereocenters. The van der Waals surface area contributed by atoms with Crippen LogP contribution in [0.4, 0.5) is 8.78 Å². The van der Waals surface area contributed by atoms with Crippen molar-refractivity contribution in [3.8, 4) is 5.69 Å². The van der Waals surface area contributed by atoms with Gasteiger partial charge in [-0.3, -0.25) is 9.47 Å². The number of rotatable bonds is 4. The first-order valence-corrected chi connectivity index (χ1v) is 10.9. The molecule has 0 amide bonds. The number of aromatic nitrogens is 5. The molecule has 0 N–H and O–H groups in total. The number of aryl methyl sites for hydroxylation is 1. The lowest BCUT2D eigenvalue weighted by Crippen LogP contribution is -2.27. The zero-order chi connectivity index (χ0) is 21.5. The Morgan fingerprint density at radius 1 is 1.13 bits per heavy atom. The summed E-state index contributed by atoms with van der Waals surface area (Å²) in [5.74, 6) is 3.46. The maximum atomic E-state index is 13.1. The van der Waals surface area contributed by atoms with Gasteiger partial charge in [-0.1, -0.05) is 16.8 Å². The van der Waals surface area contributed by atoms with Gasteiger partial charge in [-0.2, -0.15) is 4.98 Å². The van der Waals surface area contributed by atoms with E-state index in [1.165, 1.54) is 0 Å². The largest absolute Gasteiger partial charge is 0.340 e. The average molecular weight is 449 g/mol. The van der Waals surface area contributed by atoms with E-state index in [4.69, 9.17) is 16.1 Å². The van der Waals surface area contributed by atoms with Gasteiger partial charge in [0.1, 0.15) is 5.82 Å². The first-order valence-electron chi connectivity index (χ1n) is 10.5. The number of alkyl halides is 2. The zero-order valence-corrected chi connectivity index (χ0v) is 17.9. The van der Waals surface area contributed by atoms with Crippen molar-refractivity contribution in [3.63, 3.8) is 0 Å². The maximum Gasteiger partial charge on any atom is 0.251 e. The second-order valence-electron chi connectivity index (χ2n) is 8.36. The summed E-state index contributed by atoms with van der Waals surface area (Å²) in [6.45, 7) is 2.20. The topological polar surface area (TPSA) is 72.9 Å². The maximum absolute atomic E-state index is 13.1. The first kappa shape index (κ1) is 20.5. The van der Waals surface area contributed by atoms with Crippen LogP contribution in [0.5, 0.6) is 0 Å². The molecular formula is C21H23ClF2N6O. The Morgan fingerprint density at radius 3 is 2.61 bits per heavy atom. The minimum absolute atomic E-state index is 0.232. The molecule has 31 heavy (non-hydrogen) atoms. The Hall–Kier alpha value is -2.39. The van der Waals surface area contributed by atoms with Crippen LogP contribution >= 0.6 is 11.6 Å². The van der Waals surface area contributed by atoms with Crippen molar-refractivity contribution in [2.45, 2.75) is 64.0 Å². The van der Waals surface area contributed by atoms with Gasteiger partial charge in [0.15, 0.2) is 11.6 Å². The second-order valence-corrected chi connectivity index (χ2v) is 8.80. The summed E-state index contributed by atoms with van der Waals surface area (Å²) in [6, 6.07) is 5.61. The van der Waals surface area contributed by atoms with E-state index >= 15 is 0 Å². The molecule has 3 heterocycles. The highest BCUT2D eigenvalue weighted by Crippen LogP contribution is 2.40. The van der Waals surface area contributed by atoms with Gasteiger partial charge in [-0.05, 0) is 49.4 Å². The lowest BCUT2D eigenvalue weighted by Gasteiger charge is -2.26. The van der Waals surface area contributed by atoms with Gasteiger partial charge in [0.05, 0.1) is 18.8 Å². The molecule has 1 aliphatic carbocycles. The highest BCUT2D eigenvalue weighted by atomic mass is 35.5. The van der Waals surface area contributed by atoms with Gasteiger partial charge in [-0.25, -0.2) is 8.78 Å². The molecule has 0 saturated heterocycles. The third-order valence-electron chi connectivity index (χ3n) is 6.19. The smallest absolute Gasteiger partial charge is 0.251 e. The molecule has 164 valence electrons. The molecule has 1 aromatic carbocycles. The third kappa shape index (κ3) is 4.08. The Morgan fingerprint density at radius 2 is 1.90 bits per heavy atom. The standard InChI is InChI=1S/C21H23ClF2N6O/c1-12-25-20(28-31-12)13-2-4-14(5-3-13)21-27-26-19-11-29(10-18(23)24)9-15-8-16(22)6-7-17(15)30(19)21/h6-8,13-14,18H,2-5,9-11H2,1H3. The summed E-state index contributed by atoms with van der Waals surface area (Å²) < 4.78 is 33.5. The summed E-state index contributed by atoms with van der Waals surface area (Å²) in [5.41, 5.74) is 1.83. The normalized spacial score (nSPS) is 21.7. The second kappa shape index (κ2) is 8.27. The quantitative estimate of drug-likeness (QED) is 0.579. The minimum atomic E-state index is -2.42. The molecule has 2 aromatic heterocycles. The van der Waals surface area contributed by atoms with Gasteiger partial charge in [-0.15, -0.1) is 10.2 Å². The molecule has 10 heteroatoms. The fourth-order valence-corrected chi connectivity index (χ4v) is 4.96. The van der Waals surface area contributed by atoms with E-state index < -0.39 is 6.43 Å². The van der Waals surface area contributed by atoms with E-state index in [1.54, 1.807) is 11.8 Å². The first-order chi connectivity index (χ1) is 15.0. The number of nitrogens with zero attached hydrogens (tertiary/aromatic N) is 6. The molecule has 1 fully saturated rings. The minimum Gasteiger partial charge on any atom is -0.340 e. The van der Waals surface area contributed by atoms with Crippen molar-refractivity contribution in [3.05, 3.63) is 52.1 Å². The van der Waals surface area contributed by atoms with Crippen molar-refractivity contribution >= 4 is 11.6 Å². The third-order valence-corrected chi connectivity index (χ3v) is 6.43. The fourth-order valence-electron chi connectivity index (χ4n) is 4.77. The van der Waals surface area contributed by atoms with E-state index in [0.717, 1.165) is 48.6 Å². The van der Waals surface area contributed by atoms with E-state index in [1.807, 2.05) is 18.2 Å². The van der Waals surface area contributed by atoms with E-state index in [0.29, 0.717) is 29.8 Å². The molecule has 1 aliphatic heterocycles. The van der Waals surface area contributed by atoms with Crippen molar-refractivity contribution in [1.82, 2.24) is 29.8 Å². The Kier molecular flexibility index (Phi) is 5.47. The zero-order valence-electron chi connectivity index (χ0n) is 17.1. The van der Waals surface area contributed by atoms with Crippen LogP contribution in [-0.2, 0) is 13.1 Å². The molecule has 5 rings (SSSR count). The van der Waals surface area contributed by atoms with Crippen molar-refractivity contribution in [2.24, 2.45) is 0 Å². The predicted octanol–water partition coefficient (Wildman–Crippen LogP) is 4.63. The number of benzene rings is 1. The molecule has 3 aromatic rings. The van der Waals surface area contributed by atoms with Crippen molar-refractivity contribution in [1.29, 1.82) is 0 Å². The molecule has 0 unspecified atom stereocenters. The van der Waals surface area contributed by atoms with Crippen LogP contribution < -0.4 is 0 Å². The van der Waals surface area contributed by atoms with Crippen LogP contribution in [0.1, 0.15) is 66.4 Å². The van der Waals surface area contributed by atoms with Crippen molar-refractivity contribution in [2.75, 3.05) is 6.54 Å². The highest BCUT2D eigenvalue weighted by molar-refractivity contribution is 6.30. The number of hydrogen-bond donors (Lipinski definition) is 0. The van der Waals surface area contributed by atoms with Gasteiger partial charge in [0, 0.05) is 30.3 Å². The van der Waals surface area contributed by atoms with E-state index in [-0.39, 0.29) is 18.4 Å². The lowest BCUT2D eigenvalue weighted by molar-refractivity contribution is 0.0804. The number of halogens is 3. The van der Waals surface area contributed by atoms with Gasteiger partial charge in [0.2, 0.25) is 5.89 Å². The lowest BCUT2D eigenvalue weighted by atomic mass is 9.81. The van der Waals surface area contributed by atoms with Crippen molar-refractivity contribution < 1.29 is 13.3 Å². The summed E-state index contributed by atoms with van der Waals surface area (Å²) in [4.78, 5) is 6.09. The Balaban J connectivity index is 1.44. The van der Waals surface area contributed by atoms with Crippen LogP contribution in [0.3, 0.4) is 0 Å². The number of fused-ring (bicyclic) bond motifs is 3. The molecule has 1 saturated carbocycles. The Bertz CT molecular complexity index is 1080. The molecule has 7 nitrogen and oxygen atoms in total. The van der Waals surface area contributed by atoms with Crippen LogP contribution in [0.15, 0.2) is 22.7 Å². The van der Waals surface area contributed by atoms with Crippen LogP contribution in [-0.4, -0.2) is 42.8 Å². The molecule has 2 aliphatic rings. The average Bonchev–Trinajstić information content (AvgIpc) is 3.31. The van der Waals surface area contributed by atoms with Gasteiger partial charge in [0.25, 0.3) is 6.43 Å².